The standard InChI is InChI=1S/C17H18O/c18-12-15-11-10-13-6-4-5-9-16(13)17(15)14-7-2-1-3-8-14/h1-9,15,17-18H,10-12H2. The van der Waals surface area contributed by atoms with Gasteiger partial charge in [-0.25, -0.2) is 0 Å². The van der Waals surface area contributed by atoms with E-state index in [1.54, 1.807) is 0 Å². The van der Waals surface area contributed by atoms with Crippen LogP contribution in [0.4, 0.5) is 0 Å². The van der Waals surface area contributed by atoms with Crippen molar-refractivity contribution >= 4 is 0 Å². The van der Waals surface area contributed by atoms with Crippen molar-refractivity contribution in [3.05, 3.63) is 71.3 Å². The van der Waals surface area contributed by atoms with Gasteiger partial charge >= 0.3 is 0 Å². The Bertz CT molecular complexity index is 518. The second kappa shape index (κ2) is 4.95. The molecule has 0 bridgehead atoms. The van der Waals surface area contributed by atoms with Crippen LogP contribution in [0.5, 0.6) is 0 Å². The number of hydrogen-bond donors (Lipinski definition) is 1. The Hall–Kier alpha value is -1.60. The van der Waals surface area contributed by atoms with Gasteiger partial charge in [-0.3, -0.25) is 0 Å². The Labute approximate surface area is 108 Å². The molecule has 2 aromatic rings. The van der Waals surface area contributed by atoms with Crippen LogP contribution >= 0.6 is 0 Å². The van der Waals surface area contributed by atoms with E-state index >= 15 is 0 Å². The number of rotatable bonds is 2. The third kappa shape index (κ3) is 1.95. The van der Waals surface area contributed by atoms with Gasteiger partial charge in [-0.1, -0.05) is 54.6 Å². The normalized spacial score (nSPS) is 22.5. The van der Waals surface area contributed by atoms with Crippen molar-refractivity contribution in [3.63, 3.8) is 0 Å². The van der Waals surface area contributed by atoms with Gasteiger partial charge in [0.05, 0.1) is 0 Å². The van der Waals surface area contributed by atoms with Crippen LogP contribution in [0.15, 0.2) is 54.6 Å². The Balaban J connectivity index is 2.09. The summed E-state index contributed by atoms with van der Waals surface area (Å²) in [6.07, 6.45) is 2.16. The molecule has 1 aliphatic carbocycles. The maximum Gasteiger partial charge on any atom is 0.0468 e. The molecule has 1 aliphatic rings. The molecule has 3 rings (SSSR count). The molecule has 2 atom stereocenters. The molecule has 0 radical (unpaired) electrons. The van der Waals surface area contributed by atoms with E-state index in [2.05, 4.69) is 48.5 Å². The van der Waals surface area contributed by atoms with Gasteiger partial charge < -0.3 is 5.11 Å². The highest BCUT2D eigenvalue weighted by molar-refractivity contribution is 5.40. The zero-order chi connectivity index (χ0) is 12.4. The molecule has 0 saturated carbocycles. The molecule has 2 aromatic carbocycles. The van der Waals surface area contributed by atoms with Crippen molar-refractivity contribution in [1.29, 1.82) is 0 Å². The first kappa shape index (κ1) is 11.5. The molecular weight excluding hydrogens is 220 g/mol. The van der Waals surface area contributed by atoms with Crippen LogP contribution in [0.1, 0.15) is 29.0 Å². The summed E-state index contributed by atoms with van der Waals surface area (Å²) in [4.78, 5) is 0. The molecule has 0 spiro atoms. The molecule has 2 unspecified atom stereocenters. The average Bonchev–Trinajstić information content (AvgIpc) is 2.47. The topological polar surface area (TPSA) is 20.2 Å². The fourth-order valence-electron chi connectivity index (χ4n) is 3.14. The summed E-state index contributed by atoms with van der Waals surface area (Å²) in [6, 6.07) is 19.2. The van der Waals surface area contributed by atoms with E-state index in [0.29, 0.717) is 11.8 Å². The Morgan fingerprint density at radius 2 is 1.67 bits per heavy atom. The molecule has 1 N–H and O–H groups in total. The predicted octanol–water partition coefficient (Wildman–Crippen LogP) is 3.37. The third-order valence-electron chi connectivity index (χ3n) is 4.04. The Morgan fingerprint density at radius 1 is 0.944 bits per heavy atom. The van der Waals surface area contributed by atoms with Gasteiger partial charge in [-0.05, 0) is 35.4 Å². The van der Waals surface area contributed by atoms with Crippen LogP contribution in [0.25, 0.3) is 0 Å². The van der Waals surface area contributed by atoms with Gasteiger partial charge in [0.25, 0.3) is 0 Å². The summed E-state index contributed by atoms with van der Waals surface area (Å²) in [5.41, 5.74) is 4.16. The summed E-state index contributed by atoms with van der Waals surface area (Å²) < 4.78 is 0. The lowest BCUT2D eigenvalue weighted by atomic mass is 9.72. The molecule has 1 heteroatoms. The van der Waals surface area contributed by atoms with E-state index in [0.717, 1.165) is 12.8 Å². The molecule has 0 saturated heterocycles. The van der Waals surface area contributed by atoms with Crippen molar-refractivity contribution in [3.8, 4) is 0 Å². The van der Waals surface area contributed by atoms with Crippen LogP contribution in [-0.4, -0.2) is 11.7 Å². The van der Waals surface area contributed by atoms with Crippen LogP contribution < -0.4 is 0 Å². The number of hydrogen-bond acceptors (Lipinski definition) is 1. The lowest BCUT2D eigenvalue weighted by molar-refractivity contribution is 0.199. The largest absolute Gasteiger partial charge is 0.396 e. The monoisotopic (exact) mass is 238 g/mol. The lowest BCUT2D eigenvalue weighted by Crippen LogP contribution is -2.24. The van der Waals surface area contributed by atoms with Gasteiger partial charge in [0.15, 0.2) is 0 Å². The highest BCUT2D eigenvalue weighted by Gasteiger charge is 2.29. The van der Waals surface area contributed by atoms with E-state index in [1.807, 2.05) is 6.07 Å². The summed E-state index contributed by atoms with van der Waals surface area (Å²) in [7, 11) is 0. The predicted molar refractivity (Wildman–Crippen MR) is 73.6 cm³/mol. The first-order chi connectivity index (χ1) is 8.90. The molecular formula is C17H18O. The van der Waals surface area contributed by atoms with Crippen molar-refractivity contribution < 1.29 is 5.11 Å². The van der Waals surface area contributed by atoms with E-state index in [1.165, 1.54) is 16.7 Å². The highest BCUT2D eigenvalue weighted by atomic mass is 16.3. The number of fused-ring (bicyclic) bond motifs is 1. The number of aliphatic hydroxyl groups is 1. The number of aliphatic hydroxyl groups excluding tert-OH is 1. The third-order valence-corrected chi connectivity index (χ3v) is 4.04. The van der Waals surface area contributed by atoms with Gasteiger partial charge in [0.2, 0.25) is 0 Å². The maximum absolute atomic E-state index is 9.65. The van der Waals surface area contributed by atoms with Crippen LogP contribution in [0, 0.1) is 5.92 Å². The van der Waals surface area contributed by atoms with E-state index in [4.69, 9.17) is 0 Å². The summed E-state index contributed by atoms with van der Waals surface area (Å²) in [5.74, 6) is 0.698. The fraction of sp³-hybridized carbons (Fsp3) is 0.294. The van der Waals surface area contributed by atoms with Crippen LogP contribution in [-0.2, 0) is 6.42 Å². The van der Waals surface area contributed by atoms with E-state index in [-0.39, 0.29) is 6.61 Å². The van der Waals surface area contributed by atoms with Crippen molar-refractivity contribution in [2.75, 3.05) is 6.61 Å². The number of benzene rings is 2. The molecule has 0 aromatic heterocycles. The van der Waals surface area contributed by atoms with Gasteiger partial charge in [0, 0.05) is 12.5 Å². The second-order valence-corrected chi connectivity index (χ2v) is 5.07. The minimum atomic E-state index is 0.272. The van der Waals surface area contributed by atoms with E-state index < -0.39 is 0 Å². The van der Waals surface area contributed by atoms with Crippen LogP contribution in [0.2, 0.25) is 0 Å². The molecule has 0 fully saturated rings. The van der Waals surface area contributed by atoms with Gasteiger partial charge in [-0.2, -0.15) is 0 Å². The van der Waals surface area contributed by atoms with E-state index in [9.17, 15) is 5.11 Å². The first-order valence-corrected chi connectivity index (χ1v) is 6.63. The molecule has 0 amide bonds. The highest BCUT2D eigenvalue weighted by Crippen LogP contribution is 2.40. The first-order valence-electron chi connectivity index (χ1n) is 6.63. The van der Waals surface area contributed by atoms with Gasteiger partial charge in [0.1, 0.15) is 0 Å². The van der Waals surface area contributed by atoms with Crippen molar-refractivity contribution in [1.82, 2.24) is 0 Å². The zero-order valence-electron chi connectivity index (χ0n) is 10.4. The quantitative estimate of drug-likeness (QED) is 0.850. The SMILES string of the molecule is OCC1CCc2ccccc2C1c1ccccc1. The second-order valence-electron chi connectivity index (χ2n) is 5.07. The summed E-state index contributed by atoms with van der Waals surface area (Å²) in [6.45, 7) is 0.272. The zero-order valence-corrected chi connectivity index (χ0v) is 10.4. The summed E-state index contributed by atoms with van der Waals surface area (Å²) >= 11 is 0. The van der Waals surface area contributed by atoms with Crippen molar-refractivity contribution in [2.24, 2.45) is 5.92 Å². The summed E-state index contributed by atoms with van der Waals surface area (Å²) in [5, 5.41) is 9.65. The van der Waals surface area contributed by atoms with Gasteiger partial charge in [-0.15, -0.1) is 0 Å². The molecule has 1 nitrogen and oxygen atoms in total. The molecule has 92 valence electrons. The van der Waals surface area contributed by atoms with Crippen molar-refractivity contribution in [2.45, 2.75) is 18.8 Å². The number of aryl methyl sites for hydroxylation is 1. The fourth-order valence-corrected chi connectivity index (χ4v) is 3.14. The molecule has 0 heterocycles. The van der Waals surface area contributed by atoms with Crippen LogP contribution in [0.3, 0.4) is 0 Å². The lowest BCUT2D eigenvalue weighted by Gasteiger charge is -2.33. The Morgan fingerprint density at radius 3 is 2.44 bits per heavy atom. The molecule has 18 heavy (non-hydrogen) atoms. The maximum atomic E-state index is 9.65. The molecule has 0 aliphatic heterocycles. The minimum absolute atomic E-state index is 0.272. The smallest absolute Gasteiger partial charge is 0.0468 e. The average molecular weight is 238 g/mol. The Kier molecular flexibility index (Phi) is 3.16. The minimum Gasteiger partial charge on any atom is -0.396 e.